The molecule has 0 saturated heterocycles. The van der Waals surface area contributed by atoms with Gasteiger partial charge in [-0.05, 0) is 52.1 Å². The number of aromatic nitrogens is 2. The number of carboxylic acid groups (broad SMARTS) is 4. The van der Waals surface area contributed by atoms with Gasteiger partial charge < -0.3 is 26.6 Å². The molecule has 11 heteroatoms. The van der Waals surface area contributed by atoms with Crippen LogP contribution in [0.4, 0.5) is 14.0 Å². The lowest BCUT2D eigenvalue weighted by atomic mass is 10.0. The Bertz CT molecular complexity index is 974. The molecule has 0 aliphatic carbocycles. The van der Waals surface area contributed by atoms with Gasteiger partial charge in [0.15, 0.2) is 0 Å². The van der Waals surface area contributed by atoms with Crippen molar-refractivity contribution in [3.8, 4) is 11.1 Å². The highest BCUT2D eigenvalue weighted by Crippen LogP contribution is 2.29. The highest BCUT2D eigenvalue weighted by Gasteiger charge is 2.10. The molecule has 0 atom stereocenters. The number of benzene rings is 1. The lowest BCUT2D eigenvalue weighted by Crippen LogP contribution is -1.90. The maximum Gasteiger partial charge on any atom is 0.503 e. The van der Waals surface area contributed by atoms with Crippen molar-refractivity contribution in [1.29, 1.82) is 0 Å². The monoisotopic (exact) mass is 607 g/mol. The second-order valence-corrected chi connectivity index (χ2v) is 9.07. The van der Waals surface area contributed by atoms with Gasteiger partial charge in [0.05, 0.1) is 0 Å². The van der Waals surface area contributed by atoms with Crippen LogP contribution < -0.4 is 6.15 Å². The smallest absolute Gasteiger partial charge is 0.450 e. The van der Waals surface area contributed by atoms with Crippen molar-refractivity contribution in [1.82, 2.24) is 16.1 Å². The molecular weight excluding hydrogens is 572 g/mol. The van der Waals surface area contributed by atoms with E-state index in [2.05, 4.69) is 74.1 Å². The minimum Gasteiger partial charge on any atom is -0.450 e. The van der Waals surface area contributed by atoms with E-state index in [1.165, 1.54) is 0 Å². The molecule has 3 rings (SSSR count). The molecule has 196 valence electrons. The maximum atomic E-state index is 14.5. The topological polar surface area (TPSA) is 176 Å². The third-order valence-corrected chi connectivity index (χ3v) is 3.68. The summed E-state index contributed by atoms with van der Waals surface area (Å²) in [5, 5.41) is 29.3. The van der Waals surface area contributed by atoms with Gasteiger partial charge in [0.25, 0.3) is 0 Å². The summed E-state index contributed by atoms with van der Waals surface area (Å²) >= 11 is 2.16. The van der Waals surface area contributed by atoms with Crippen LogP contribution in [-0.4, -0.2) is 42.7 Å². The standard InChI is InChI=1S/C14H8FIN2.2C4H10.2CH2O3.H3N/c15-14-10(9-3-5-17-6-4-9)1-2-11-12(14)7-18-8-13(11)16;2*1-4(2)3;2*2-1(3)4;/h1-8H;2*4H,1-3H3;2*(H2,2,3,4);1H3. The molecular formula is C24H35FIN3O6. The summed E-state index contributed by atoms with van der Waals surface area (Å²) < 4.78 is 15.4. The van der Waals surface area contributed by atoms with Gasteiger partial charge in [-0.3, -0.25) is 9.97 Å². The minimum absolute atomic E-state index is 0. The number of hydrogen-bond acceptors (Lipinski definition) is 5. The van der Waals surface area contributed by atoms with Crippen LogP contribution >= 0.6 is 22.6 Å². The molecule has 0 aliphatic rings. The maximum absolute atomic E-state index is 14.5. The summed E-state index contributed by atoms with van der Waals surface area (Å²) in [5.74, 6) is 1.43. The normalized spacial score (nSPS) is 8.97. The Morgan fingerprint density at radius 3 is 1.57 bits per heavy atom. The second kappa shape index (κ2) is 20.3. The van der Waals surface area contributed by atoms with E-state index in [0.29, 0.717) is 10.9 Å². The lowest BCUT2D eigenvalue weighted by Gasteiger charge is -2.07. The van der Waals surface area contributed by atoms with E-state index >= 15 is 0 Å². The Morgan fingerprint density at radius 1 is 0.771 bits per heavy atom. The van der Waals surface area contributed by atoms with Gasteiger partial charge in [-0.2, -0.15) is 0 Å². The molecule has 35 heavy (non-hydrogen) atoms. The first-order valence-corrected chi connectivity index (χ1v) is 11.2. The van der Waals surface area contributed by atoms with E-state index in [0.717, 1.165) is 26.4 Å². The third-order valence-electron chi connectivity index (χ3n) is 2.82. The van der Waals surface area contributed by atoms with Gasteiger partial charge in [0.2, 0.25) is 0 Å². The van der Waals surface area contributed by atoms with Crippen LogP contribution in [0.15, 0.2) is 49.1 Å². The number of hydrogen-bond donors (Lipinski definition) is 5. The summed E-state index contributed by atoms with van der Waals surface area (Å²) in [6, 6.07) is 7.32. The molecule has 0 radical (unpaired) electrons. The zero-order chi connectivity index (χ0) is 26.8. The molecule has 0 fully saturated rings. The molecule has 0 amide bonds. The van der Waals surface area contributed by atoms with Crippen LogP contribution in [0, 0.1) is 21.2 Å². The van der Waals surface area contributed by atoms with E-state index < -0.39 is 12.3 Å². The minimum atomic E-state index is -1.83. The average molecular weight is 607 g/mol. The first-order valence-electron chi connectivity index (χ1n) is 10.2. The third kappa shape index (κ3) is 20.1. The largest absolute Gasteiger partial charge is 0.503 e. The Morgan fingerprint density at radius 2 is 1.17 bits per heavy atom. The number of rotatable bonds is 1. The van der Waals surface area contributed by atoms with Crippen molar-refractivity contribution in [3.05, 3.63) is 58.4 Å². The van der Waals surface area contributed by atoms with E-state index in [1.54, 1.807) is 43.0 Å². The van der Waals surface area contributed by atoms with Crippen molar-refractivity contribution in [2.24, 2.45) is 11.8 Å². The van der Waals surface area contributed by atoms with Crippen LogP contribution in [0.25, 0.3) is 21.9 Å². The molecule has 2 heterocycles. The van der Waals surface area contributed by atoms with Crippen LogP contribution in [0.2, 0.25) is 0 Å². The Balaban J connectivity index is -0.000000500. The van der Waals surface area contributed by atoms with Crippen LogP contribution in [0.3, 0.4) is 0 Å². The van der Waals surface area contributed by atoms with Gasteiger partial charge in [-0.1, -0.05) is 53.7 Å². The molecule has 2 aromatic heterocycles. The second-order valence-electron chi connectivity index (χ2n) is 7.91. The molecule has 0 saturated carbocycles. The Labute approximate surface area is 218 Å². The number of carbonyl (C=O) groups is 2. The fourth-order valence-corrected chi connectivity index (χ4v) is 2.56. The summed E-state index contributed by atoms with van der Waals surface area (Å²) in [5.41, 5.74) is 1.40. The fourth-order valence-electron chi connectivity index (χ4n) is 1.93. The number of fused-ring (bicyclic) bond motifs is 1. The van der Waals surface area contributed by atoms with Gasteiger partial charge >= 0.3 is 12.3 Å². The molecule has 0 bridgehead atoms. The predicted molar refractivity (Wildman–Crippen MR) is 145 cm³/mol. The Hall–Kier alpha value is -3.06. The molecule has 0 unspecified atom stereocenters. The summed E-state index contributed by atoms with van der Waals surface area (Å²) in [4.78, 5) is 25.1. The molecule has 1 aromatic carbocycles. The van der Waals surface area contributed by atoms with Gasteiger partial charge in [-0.25, -0.2) is 14.0 Å². The molecule has 0 aliphatic heterocycles. The van der Waals surface area contributed by atoms with E-state index in [9.17, 15) is 4.39 Å². The zero-order valence-corrected chi connectivity index (χ0v) is 22.9. The lowest BCUT2D eigenvalue weighted by molar-refractivity contribution is 0.135. The van der Waals surface area contributed by atoms with Crippen molar-refractivity contribution in [2.75, 3.05) is 0 Å². The van der Waals surface area contributed by atoms with Crippen molar-refractivity contribution < 1.29 is 34.4 Å². The van der Waals surface area contributed by atoms with Gasteiger partial charge in [0, 0.05) is 44.7 Å². The Kier molecular flexibility index (Phi) is 21.2. The number of nitrogens with zero attached hydrogens (tertiary/aromatic N) is 2. The van der Waals surface area contributed by atoms with Crippen LogP contribution in [-0.2, 0) is 0 Å². The SMILES string of the molecule is CC(C)C.CC(C)C.Fc1c(-c2ccncc2)ccc2c(I)cncc12.N.O=C(O)O.O=C(O)O. The van der Waals surface area contributed by atoms with Crippen LogP contribution in [0.5, 0.6) is 0 Å². The van der Waals surface area contributed by atoms with Crippen molar-refractivity contribution >= 4 is 45.7 Å². The zero-order valence-electron chi connectivity index (χ0n) is 20.7. The predicted octanol–water partition coefficient (Wildman–Crippen LogP) is 7.97. The van der Waals surface area contributed by atoms with Gasteiger partial charge in [0.1, 0.15) is 5.82 Å². The highest BCUT2D eigenvalue weighted by atomic mass is 127. The van der Waals surface area contributed by atoms with Crippen molar-refractivity contribution in [3.63, 3.8) is 0 Å². The van der Waals surface area contributed by atoms with E-state index in [1.807, 2.05) is 6.07 Å². The quantitative estimate of drug-likeness (QED) is 0.172. The first-order chi connectivity index (χ1) is 15.7. The summed E-state index contributed by atoms with van der Waals surface area (Å²) in [7, 11) is 0. The molecule has 9 nitrogen and oxygen atoms in total. The van der Waals surface area contributed by atoms with E-state index in [-0.39, 0.29) is 12.0 Å². The summed E-state index contributed by atoms with van der Waals surface area (Å²) in [6.45, 7) is 13.0. The molecule has 3 aromatic rings. The highest BCUT2D eigenvalue weighted by molar-refractivity contribution is 14.1. The fraction of sp³-hybridized carbons (Fsp3) is 0.333. The first kappa shape index (κ1) is 36.5. The summed E-state index contributed by atoms with van der Waals surface area (Å²) in [6.07, 6.45) is 2.95. The molecule has 0 spiro atoms. The van der Waals surface area contributed by atoms with Gasteiger partial charge in [-0.15, -0.1) is 0 Å². The van der Waals surface area contributed by atoms with Crippen LogP contribution in [0.1, 0.15) is 41.5 Å². The molecule has 7 N–H and O–H groups in total. The number of pyridine rings is 2. The van der Waals surface area contributed by atoms with E-state index in [4.69, 9.17) is 30.0 Å². The average Bonchev–Trinajstić information content (AvgIpc) is 2.68. The number of halogens is 2. The van der Waals surface area contributed by atoms with Crippen molar-refractivity contribution in [2.45, 2.75) is 41.5 Å².